The molecule has 0 saturated carbocycles. The standard InChI is InChI=1S/C9H18N2O2/c1-10-5-3-6-11-9(12)8-4-2-7-13-8/h8,10H,2-7H2,1H3,(H,11,12). The quantitative estimate of drug-likeness (QED) is 0.589. The molecule has 0 aliphatic carbocycles. The minimum Gasteiger partial charge on any atom is -0.368 e. The van der Waals surface area contributed by atoms with E-state index in [9.17, 15) is 4.79 Å². The Balaban J connectivity index is 2.03. The minimum atomic E-state index is -0.186. The highest BCUT2D eigenvalue weighted by molar-refractivity contribution is 5.80. The van der Waals surface area contributed by atoms with E-state index in [2.05, 4.69) is 10.6 Å². The zero-order valence-electron chi connectivity index (χ0n) is 8.14. The first-order valence-electron chi connectivity index (χ1n) is 4.88. The van der Waals surface area contributed by atoms with Gasteiger partial charge in [-0.05, 0) is 32.9 Å². The number of carbonyl (C=O) groups excluding carboxylic acids is 1. The van der Waals surface area contributed by atoms with Gasteiger partial charge in [-0.3, -0.25) is 4.79 Å². The lowest BCUT2D eigenvalue weighted by molar-refractivity contribution is -0.130. The van der Waals surface area contributed by atoms with Crippen molar-refractivity contribution in [3.05, 3.63) is 0 Å². The molecule has 13 heavy (non-hydrogen) atoms. The van der Waals surface area contributed by atoms with Gasteiger partial charge in [0, 0.05) is 13.2 Å². The predicted molar refractivity (Wildman–Crippen MR) is 50.5 cm³/mol. The number of hydrogen-bond donors (Lipinski definition) is 2. The summed E-state index contributed by atoms with van der Waals surface area (Å²) in [5.41, 5.74) is 0. The normalized spacial score (nSPS) is 21.8. The molecule has 0 aromatic carbocycles. The molecule has 1 heterocycles. The van der Waals surface area contributed by atoms with Gasteiger partial charge < -0.3 is 15.4 Å². The van der Waals surface area contributed by atoms with Crippen LogP contribution in [0.15, 0.2) is 0 Å². The predicted octanol–water partition coefficient (Wildman–Crippen LogP) is -0.109. The Morgan fingerprint density at radius 3 is 3.00 bits per heavy atom. The van der Waals surface area contributed by atoms with Crippen molar-refractivity contribution in [2.45, 2.75) is 25.4 Å². The van der Waals surface area contributed by atoms with Crippen LogP contribution in [-0.4, -0.2) is 38.8 Å². The van der Waals surface area contributed by atoms with Crippen LogP contribution in [0.4, 0.5) is 0 Å². The van der Waals surface area contributed by atoms with Crippen LogP contribution in [0, 0.1) is 0 Å². The molecule has 0 aromatic rings. The van der Waals surface area contributed by atoms with Gasteiger partial charge in [-0.2, -0.15) is 0 Å². The minimum absolute atomic E-state index is 0.0496. The fraction of sp³-hybridized carbons (Fsp3) is 0.889. The summed E-state index contributed by atoms with van der Waals surface area (Å²) in [6.45, 7) is 2.40. The van der Waals surface area contributed by atoms with Crippen molar-refractivity contribution in [2.24, 2.45) is 0 Å². The lowest BCUT2D eigenvalue weighted by atomic mass is 10.2. The molecular formula is C9H18N2O2. The van der Waals surface area contributed by atoms with Crippen LogP contribution in [0.1, 0.15) is 19.3 Å². The number of hydrogen-bond acceptors (Lipinski definition) is 3. The van der Waals surface area contributed by atoms with E-state index >= 15 is 0 Å². The van der Waals surface area contributed by atoms with Crippen LogP contribution in [0.25, 0.3) is 0 Å². The summed E-state index contributed by atoms with van der Waals surface area (Å²) in [5, 5.41) is 5.88. The van der Waals surface area contributed by atoms with Crippen molar-refractivity contribution in [3.8, 4) is 0 Å². The van der Waals surface area contributed by atoms with Crippen molar-refractivity contribution in [1.82, 2.24) is 10.6 Å². The molecule has 1 atom stereocenters. The molecule has 1 unspecified atom stereocenters. The highest BCUT2D eigenvalue weighted by atomic mass is 16.5. The summed E-state index contributed by atoms with van der Waals surface area (Å²) >= 11 is 0. The van der Waals surface area contributed by atoms with E-state index in [1.807, 2.05) is 7.05 Å². The van der Waals surface area contributed by atoms with Gasteiger partial charge in [-0.25, -0.2) is 0 Å². The maximum absolute atomic E-state index is 11.4. The molecule has 2 N–H and O–H groups in total. The highest BCUT2D eigenvalue weighted by Crippen LogP contribution is 2.11. The molecule has 76 valence electrons. The molecule has 1 fully saturated rings. The molecule has 0 aromatic heterocycles. The average Bonchev–Trinajstić information content (AvgIpc) is 2.65. The van der Waals surface area contributed by atoms with Gasteiger partial charge in [0.15, 0.2) is 0 Å². The fourth-order valence-electron chi connectivity index (χ4n) is 1.38. The third kappa shape index (κ3) is 3.74. The van der Waals surface area contributed by atoms with Crippen molar-refractivity contribution in [2.75, 3.05) is 26.7 Å². The van der Waals surface area contributed by atoms with Crippen molar-refractivity contribution < 1.29 is 9.53 Å². The van der Waals surface area contributed by atoms with Gasteiger partial charge in [0.25, 0.3) is 0 Å². The second kappa shape index (κ2) is 5.94. The van der Waals surface area contributed by atoms with Crippen LogP contribution in [-0.2, 0) is 9.53 Å². The van der Waals surface area contributed by atoms with E-state index in [1.165, 1.54) is 0 Å². The maximum Gasteiger partial charge on any atom is 0.249 e. The topological polar surface area (TPSA) is 50.4 Å². The molecule has 1 aliphatic rings. The van der Waals surface area contributed by atoms with E-state index in [-0.39, 0.29) is 12.0 Å². The lowest BCUT2D eigenvalue weighted by Crippen LogP contribution is -2.35. The molecule has 4 nitrogen and oxygen atoms in total. The van der Waals surface area contributed by atoms with E-state index < -0.39 is 0 Å². The molecule has 0 spiro atoms. The summed E-state index contributed by atoms with van der Waals surface area (Å²) in [4.78, 5) is 11.4. The van der Waals surface area contributed by atoms with Crippen LogP contribution < -0.4 is 10.6 Å². The van der Waals surface area contributed by atoms with Crippen molar-refractivity contribution in [3.63, 3.8) is 0 Å². The molecular weight excluding hydrogens is 168 g/mol. The Labute approximate surface area is 79.0 Å². The summed E-state index contributed by atoms with van der Waals surface area (Å²) in [6, 6.07) is 0. The Morgan fingerprint density at radius 2 is 2.38 bits per heavy atom. The molecule has 1 amide bonds. The number of nitrogens with one attached hydrogen (secondary N) is 2. The van der Waals surface area contributed by atoms with Crippen molar-refractivity contribution in [1.29, 1.82) is 0 Å². The molecule has 0 bridgehead atoms. The van der Waals surface area contributed by atoms with Crippen LogP contribution in [0.2, 0.25) is 0 Å². The fourth-order valence-corrected chi connectivity index (χ4v) is 1.38. The van der Waals surface area contributed by atoms with Gasteiger partial charge in [0.05, 0.1) is 0 Å². The number of rotatable bonds is 5. The smallest absolute Gasteiger partial charge is 0.249 e. The Bertz CT molecular complexity index is 156. The third-order valence-electron chi connectivity index (χ3n) is 2.12. The monoisotopic (exact) mass is 186 g/mol. The van der Waals surface area contributed by atoms with E-state index in [4.69, 9.17) is 4.74 Å². The van der Waals surface area contributed by atoms with Gasteiger partial charge in [0.1, 0.15) is 6.10 Å². The van der Waals surface area contributed by atoms with Gasteiger partial charge in [0.2, 0.25) is 5.91 Å². The third-order valence-corrected chi connectivity index (χ3v) is 2.12. The Kier molecular flexibility index (Phi) is 4.78. The zero-order valence-corrected chi connectivity index (χ0v) is 8.14. The Hall–Kier alpha value is -0.610. The first kappa shape index (κ1) is 10.5. The van der Waals surface area contributed by atoms with Crippen LogP contribution >= 0.6 is 0 Å². The lowest BCUT2D eigenvalue weighted by Gasteiger charge is -2.09. The first-order valence-corrected chi connectivity index (χ1v) is 4.88. The molecule has 1 saturated heterocycles. The van der Waals surface area contributed by atoms with E-state index in [0.717, 1.165) is 39.0 Å². The molecule has 1 rings (SSSR count). The largest absolute Gasteiger partial charge is 0.368 e. The van der Waals surface area contributed by atoms with Gasteiger partial charge in [-0.15, -0.1) is 0 Å². The summed E-state index contributed by atoms with van der Waals surface area (Å²) in [6.07, 6.45) is 2.66. The Morgan fingerprint density at radius 1 is 1.54 bits per heavy atom. The molecule has 0 radical (unpaired) electrons. The SMILES string of the molecule is CNCCCNC(=O)C1CCCO1. The molecule has 1 aliphatic heterocycles. The van der Waals surface area contributed by atoms with Gasteiger partial charge in [-0.1, -0.05) is 0 Å². The highest BCUT2D eigenvalue weighted by Gasteiger charge is 2.22. The summed E-state index contributed by atoms with van der Waals surface area (Å²) in [5.74, 6) is 0.0496. The maximum atomic E-state index is 11.4. The number of amides is 1. The first-order chi connectivity index (χ1) is 6.34. The zero-order chi connectivity index (χ0) is 9.52. The number of carbonyl (C=O) groups is 1. The average molecular weight is 186 g/mol. The molecule has 4 heteroatoms. The number of ether oxygens (including phenoxy) is 1. The van der Waals surface area contributed by atoms with E-state index in [0.29, 0.717) is 0 Å². The second-order valence-electron chi connectivity index (χ2n) is 3.25. The second-order valence-corrected chi connectivity index (χ2v) is 3.25. The van der Waals surface area contributed by atoms with Crippen molar-refractivity contribution >= 4 is 5.91 Å². The van der Waals surface area contributed by atoms with E-state index in [1.54, 1.807) is 0 Å². The van der Waals surface area contributed by atoms with Crippen LogP contribution in [0.3, 0.4) is 0 Å². The summed E-state index contributed by atoms with van der Waals surface area (Å²) < 4.78 is 5.24. The summed E-state index contributed by atoms with van der Waals surface area (Å²) in [7, 11) is 1.90. The van der Waals surface area contributed by atoms with Crippen LogP contribution in [0.5, 0.6) is 0 Å². The van der Waals surface area contributed by atoms with Gasteiger partial charge >= 0.3 is 0 Å².